The summed E-state index contributed by atoms with van der Waals surface area (Å²) in [6.45, 7) is 5.73. The van der Waals surface area contributed by atoms with Gasteiger partial charge in [0.15, 0.2) is 0 Å². The van der Waals surface area contributed by atoms with E-state index in [0.29, 0.717) is 30.3 Å². The Bertz CT molecular complexity index is 653. The Morgan fingerprint density at radius 1 is 1.26 bits per heavy atom. The van der Waals surface area contributed by atoms with Gasteiger partial charge in [-0.1, -0.05) is 0 Å². The van der Waals surface area contributed by atoms with Crippen LogP contribution in [0.4, 0.5) is 18.9 Å². The molecule has 0 aromatic heterocycles. The van der Waals surface area contributed by atoms with Crippen LogP contribution in [0.15, 0.2) is 12.1 Å². The molecule has 0 spiro atoms. The number of rotatable bonds is 6. The molecule has 152 valence electrons. The number of aliphatic hydroxyl groups excluding tert-OH is 1. The first-order chi connectivity index (χ1) is 12.7. The molecule has 0 atom stereocenters. The fraction of sp³-hybridized carbons (Fsp3) is 0.650. The van der Waals surface area contributed by atoms with Gasteiger partial charge in [0.2, 0.25) is 0 Å². The molecule has 7 heteroatoms. The van der Waals surface area contributed by atoms with E-state index in [4.69, 9.17) is 4.74 Å². The van der Waals surface area contributed by atoms with Crippen LogP contribution in [0, 0.1) is 12.8 Å². The lowest BCUT2D eigenvalue weighted by Gasteiger charge is -2.34. The summed E-state index contributed by atoms with van der Waals surface area (Å²) in [5.74, 6) is 0.118. The van der Waals surface area contributed by atoms with Crippen LogP contribution in [0.3, 0.4) is 0 Å². The second-order valence-corrected chi connectivity index (χ2v) is 7.24. The minimum atomic E-state index is -4.43. The molecule has 27 heavy (non-hydrogen) atoms. The standard InChI is InChI=1S/C20H28F3NO3/c1-4-24(11-15-5-7-17(8-6-15)27-14(3)26)19-9-13(2)18(20(21,22)23)10-16(19)12-25/h9-10,15,17,25H,4-8,11-12H2,1-3H3. The minimum absolute atomic E-state index is 0.0323. The molecule has 1 aliphatic carbocycles. The Labute approximate surface area is 158 Å². The van der Waals surface area contributed by atoms with Gasteiger partial charge in [-0.3, -0.25) is 4.79 Å². The highest BCUT2D eigenvalue weighted by molar-refractivity contribution is 5.66. The van der Waals surface area contributed by atoms with Crippen molar-refractivity contribution in [2.75, 3.05) is 18.0 Å². The summed E-state index contributed by atoms with van der Waals surface area (Å²) in [6.07, 6.45) is -1.04. The molecule has 0 saturated heterocycles. The number of halogens is 3. The number of anilines is 1. The lowest BCUT2D eigenvalue weighted by molar-refractivity contribution is -0.148. The van der Waals surface area contributed by atoms with E-state index in [1.165, 1.54) is 19.9 Å². The molecular formula is C20H28F3NO3. The average Bonchev–Trinajstić information content (AvgIpc) is 2.59. The third-order valence-corrected chi connectivity index (χ3v) is 5.23. The number of ether oxygens (including phenoxy) is 1. The molecule has 2 rings (SSSR count). The van der Waals surface area contributed by atoms with Crippen LogP contribution in [-0.2, 0) is 22.3 Å². The van der Waals surface area contributed by atoms with Crippen molar-refractivity contribution in [1.29, 1.82) is 0 Å². The predicted octanol–water partition coefficient (Wildman–Crippen LogP) is 4.45. The molecule has 1 aliphatic rings. The first kappa shape index (κ1) is 21.5. The lowest BCUT2D eigenvalue weighted by atomic mass is 9.86. The molecule has 1 saturated carbocycles. The molecule has 0 radical (unpaired) electrons. The van der Waals surface area contributed by atoms with Crippen molar-refractivity contribution in [3.05, 3.63) is 28.8 Å². The number of hydrogen-bond acceptors (Lipinski definition) is 4. The van der Waals surface area contributed by atoms with E-state index in [0.717, 1.165) is 31.7 Å². The minimum Gasteiger partial charge on any atom is -0.463 e. The zero-order valence-corrected chi connectivity index (χ0v) is 16.1. The first-order valence-electron chi connectivity index (χ1n) is 9.39. The van der Waals surface area contributed by atoms with Crippen LogP contribution < -0.4 is 4.90 Å². The quantitative estimate of drug-likeness (QED) is 0.733. The summed E-state index contributed by atoms with van der Waals surface area (Å²) in [4.78, 5) is 13.1. The van der Waals surface area contributed by atoms with Gasteiger partial charge in [-0.25, -0.2) is 0 Å². The smallest absolute Gasteiger partial charge is 0.416 e. The van der Waals surface area contributed by atoms with Crippen LogP contribution in [0.2, 0.25) is 0 Å². The fourth-order valence-corrected chi connectivity index (χ4v) is 3.84. The van der Waals surface area contributed by atoms with Crippen molar-refractivity contribution in [2.45, 2.75) is 65.3 Å². The van der Waals surface area contributed by atoms with Crippen LogP contribution in [0.1, 0.15) is 56.2 Å². The molecule has 0 bridgehead atoms. The highest BCUT2D eigenvalue weighted by Crippen LogP contribution is 2.37. The van der Waals surface area contributed by atoms with Gasteiger partial charge in [-0.2, -0.15) is 13.2 Å². The number of alkyl halides is 3. The van der Waals surface area contributed by atoms with Gasteiger partial charge in [-0.15, -0.1) is 0 Å². The van der Waals surface area contributed by atoms with E-state index in [9.17, 15) is 23.1 Å². The number of nitrogens with zero attached hydrogens (tertiary/aromatic N) is 1. The third kappa shape index (κ3) is 5.61. The number of hydrogen-bond donors (Lipinski definition) is 1. The SMILES string of the molecule is CCN(CC1CCC(OC(C)=O)CC1)c1cc(C)c(C(F)(F)F)cc1CO. The van der Waals surface area contributed by atoms with E-state index >= 15 is 0 Å². The average molecular weight is 387 g/mol. The molecule has 0 unspecified atom stereocenters. The highest BCUT2D eigenvalue weighted by atomic mass is 19.4. The Morgan fingerprint density at radius 2 is 1.89 bits per heavy atom. The van der Waals surface area contributed by atoms with Crippen LogP contribution in [0.25, 0.3) is 0 Å². The molecule has 0 aliphatic heterocycles. The largest absolute Gasteiger partial charge is 0.463 e. The predicted molar refractivity (Wildman–Crippen MR) is 97.5 cm³/mol. The van der Waals surface area contributed by atoms with Gasteiger partial charge >= 0.3 is 12.1 Å². The van der Waals surface area contributed by atoms with Crippen molar-refractivity contribution >= 4 is 11.7 Å². The van der Waals surface area contributed by atoms with Gasteiger partial charge in [0.05, 0.1) is 12.2 Å². The number of carbonyl (C=O) groups excluding carboxylic acids is 1. The number of esters is 1. The molecule has 1 aromatic carbocycles. The molecule has 1 N–H and O–H groups in total. The molecule has 1 aromatic rings. The summed E-state index contributed by atoms with van der Waals surface area (Å²) in [6, 6.07) is 2.59. The zero-order chi connectivity index (χ0) is 20.2. The van der Waals surface area contributed by atoms with E-state index in [-0.39, 0.29) is 17.6 Å². The Balaban J connectivity index is 2.13. The number of carbonyl (C=O) groups is 1. The number of aryl methyl sites for hydroxylation is 1. The van der Waals surface area contributed by atoms with E-state index < -0.39 is 18.3 Å². The van der Waals surface area contributed by atoms with Crippen molar-refractivity contribution in [3.63, 3.8) is 0 Å². The number of aliphatic hydroxyl groups is 1. The summed E-state index contributed by atoms with van der Waals surface area (Å²) < 4.78 is 44.7. The normalized spacial score (nSPS) is 20.4. The first-order valence-corrected chi connectivity index (χ1v) is 9.39. The summed E-state index contributed by atoms with van der Waals surface area (Å²) >= 11 is 0. The maximum atomic E-state index is 13.1. The van der Waals surface area contributed by atoms with Gasteiger partial charge in [0.25, 0.3) is 0 Å². The third-order valence-electron chi connectivity index (χ3n) is 5.23. The van der Waals surface area contributed by atoms with E-state index in [1.807, 2.05) is 11.8 Å². The monoisotopic (exact) mass is 387 g/mol. The molecule has 0 amide bonds. The highest BCUT2D eigenvalue weighted by Gasteiger charge is 2.33. The van der Waals surface area contributed by atoms with Crippen LogP contribution >= 0.6 is 0 Å². The van der Waals surface area contributed by atoms with Crippen molar-refractivity contribution in [2.24, 2.45) is 5.92 Å². The zero-order valence-electron chi connectivity index (χ0n) is 16.1. The van der Waals surface area contributed by atoms with Crippen LogP contribution in [0.5, 0.6) is 0 Å². The van der Waals surface area contributed by atoms with Gasteiger partial charge in [0, 0.05) is 31.3 Å². The van der Waals surface area contributed by atoms with Gasteiger partial charge < -0.3 is 14.7 Å². The molecule has 0 heterocycles. The topological polar surface area (TPSA) is 49.8 Å². The van der Waals surface area contributed by atoms with E-state index in [1.54, 1.807) is 0 Å². The van der Waals surface area contributed by atoms with Crippen molar-refractivity contribution in [3.8, 4) is 0 Å². The maximum absolute atomic E-state index is 13.1. The van der Waals surface area contributed by atoms with Crippen molar-refractivity contribution in [1.82, 2.24) is 0 Å². The molecule has 4 nitrogen and oxygen atoms in total. The second-order valence-electron chi connectivity index (χ2n) is 7.24. The molecule has 1 fully saturated rings. The van der Waals surface area contributed by atoms with Crippen molar-refractivity contribution < 1.29 is 27.8 Å². The van der Waals surface area contributed by atoms with Crippen LogP contribution in [-0.4, -0.2) is 30.3 Å². The second kappa shape index (κ2) is 8.95. The lowest BCUT2D eigenvalue weighted by Crippen LogP contribution is -2.34. The van der Waals surface area contributed by atoms with E-state index in [2.05, 4.69) is 0 Å². The Kier molecular flexibility index (Phi) is 7.14. The summed E-state index contributed by atoms with van der Waals surface area (Å²) in [5, 5.41) is 9.63. The Morgan fingerprint density at radius 3 is 2.37 bits per heavy atom. The fourth-order valence-electron chi connectivity index (χ4n) is 3.84. The molecular weight excluding hydrogens is 359 g/mol. The summed E-state index contributed by atoms with van der Waals surface area (Å²) in [7, 11) is 0. The maximum Gasteiger partial charge on any atom is 0.416 e. The van der Waals surface area contributed by atoms with Gasteiger partial charge in [0.1, 0.15) is 6.10 Å². The van der Waals surface area contributed by atoms with Gasteiger partial charge in [-0.05, 0) is 63.1 Å². The summed E-state index contributed by atoms with van der Waals surface area (Å²) in [5.41, 5.74) is 0.413. The Hall–Kier alpha value is -1.76. The number of benzene rings is 1.